The molecule has 1 atom stereocenters. The van der Waals surface area contributed by atoms with Gasteiger partial charge in [-0.2, -0.15) is 0 Å². The fourth-order valence-electron chi connectivity index (χ4n) is 4.12. The van der Waals surface area contributed by atoms with E-state index in [4.69, 9.17) is 10.5 Å². The molecular weight excluding hydrogens is 390 g/mol. The van der Waals surface area contributed by atoms with Gasteiger partial charge < -0.3 is 15.2 Å². The van der Waals surface area contributed by atoms with E-state index in [2.05, 4.69) is 29.0 Å². The second-order valence-corrected chi connectivity index (χ2v) is 7.74. The summed E-state index contributed by atoms with van der Waals surface area (Å²) in [6, 6.07) is 23.3. The average molecular weight is 415 g/mol. The Hall–Kier alpha value is -3.44. The number of fused-ring (bicyclic) bond motifs is 3. The van der Waals surface area contributed by atoms with E-state index in [1.54, 1.807) is 0 Å². The highest BCUT2D eigenvalue weighted by molar-refractivity contribution is 5.79. The van der Waals surface area contributed by atoms with Crippen LogP contribution in [0.5, 0.6) is 0 Å². The van der Waals surface area contributed by atoms with Crippen LogP contribution in [0.25, 0.3) is 11.1 Å². The summed E-state index contributed by atoms with van der Waals surface area (Å²) in [5.41, 5.74) is 12.4. The van der Waals surface area contributed by atoms with E-state index in [1.807, 2.05) is 48.5 Å². The van der Waals surface area contributed by atoms with Crippen LogP contribution in [0.3, 0.4) is 0 Å². The molecule has 0 unspecified atom stereocenters. The molecule has 0 amide bonds. The van der Waals surface area contributed by atoms with Gasteiger partial charge in [0, 0.05) is 5.92 Å². The van der Waals surface area contributed by atoms with Crippen molar-refractivity contribution < 1.29 is 19.1 Å². The van der Waals surface area contributed by atoms with E-state index in [1.165, 1.54) is 29.4 Å². The Morgan fingerprint density at radius 1 is 0.871 bits per heavy atom. The Morgan fingerprint density at radius 2 is 1.42 bits per heavy atom. The molecule has 5 nitrogen and oxygen atoms in total. The summed E-state index contributed by atoms with van der Waals surface area (Å²) in [6.45, 7) is 0.318. The molecule has 3 aromatic rings. The lowest BCUT2D eigenvalue weighted by Gasteiger charge is -2.14. The molecule has 1 aliphatic rings. The maximum absolute atomic E-state index is 12.5. The first kappa shape index (κ1) is 20.8. The predicted molar refractivity (Wildman–Crippen MR) is 119 cm³/mol. The van der Waals surface area contributed by atoms with Crippen molar-refractivity contribution in [3.05, 3.63) is 95.1 Å². The van der Waals surface area contributed by atoms with E-state index in [0.29, 0.717) is 13.0 Å². The number of methoxy groups -OCH3 is 1. The zero-order valence-corrected chi connectivity index (χ0v) is 17.4. The Balaban J connectivity index is 1.36. The fraction of sp³-hybridized carbons (Fsp3) is 0.231. The van der Waals surface area contributed by atoms with Gasteiger partial charge in [-0.25, -0.2) is 0 Å². The largest absolute Gasteiger partial charge is 0.468 e. The van der Waals surface area contributed by atoms with Gasteiger partial charge in [0.1, 0.15) is 12.6 Å². The molecule has 0 fully saturated rings. The van der Waals surface area contributed by atoms with E-state index < -0.39 is 12.0 Å². The van der Waals surface area contributed by atoms with Gasteiger partial charge in [0.05, 0.1) is 13.5 Å². The highest BCUT2D eigenvalue weighted by Gasteiger charge is 2.29. The normalized spacial score (nSPS) is 13.2. The summed E-state index contributed by atoms with van der Waals surface area (Å²) in [5.74, 6) is -0.651. The van der Waals surface area contributed by atoms with E-state index >= 15 is 0 Å². The number of benzene rings is 3. The molecular formula is C26H25NO4. The van der Waals surface area contributed by atoms with E-state index in [0.717, 1.165) is 11.1 Å². The van der Waals surface area contributed by atoms with Gasteiger partial charge in [-0.15, -0.1) is 0 Å². The summed E-state index contributed by atoms with van der Waals surface area (Å²) < 4.78 is 10.3. The average Bonchev–Trinajstić information content (AvgIpc) is 3.12. The van der Waals surface area contributed by atoms with Gasteiger partial charge in [-0.3, -0.25) is 9.59 Å². The molecule has 2 N–H and O–H groups in total. The second-order valence-electron chi connectivity index (χ2n) is 7.74. The number of ether oxygens (including phenoxy) is 2. The first-order valence-electron chi connectivity index (χ1n) is 10.3. The SMILES string of the molecule is COC(=O)[C@@H](N)Cc1ccc(CC(=O)OCC2c3ccccc3-c3ccccc32)cc1. The number of carbonyl (C=O) groups is 2. The first-order valence-corrected chi connectivity index (χ1v) is 10.3. The predicted octanol–water partition coefficient (Wildman–Crippen LogP) is 3.63. The Morgan fingerprint density at radius 3 is 2.00 bits per heavy atom. The number of nitrogens with two attached hydrogens (primary N) is 1. The molecule has 0 aliphatic heterocycles. The van der Waals surface area contributed by atoms with Gasteiger partial charge in [-0.05, 0) is 39.8 Å². The lowest BCUT2D eigenvalue weighted by Crippen LogP contribution is -2.33. The summed E-state index contributed by atoms with van der Waals surface area (Å²) in [4.78, 5) is 23.9. The summed E-state index contributed by atoms with van der Waals surface area (Å²) in [7, 11) is 1.32. The lowest BCUT2D eigenvalue weighted by molar-refractivity contribution is -0.143. The van der Waals surface area contributed by atoms with Crippen LogP contribution in [0.2, 0.25) is 0 Å². The van der Waals surface area contributed by atoms with Crippen LogP contribution in [0.1, 0.15) is 28.2 Å². The first-order chi connectivity index (χ1) is 15.1. The van der Waals surface area contributed by atoms with Crippen LogP contribution in [-0.2, 0) is 31.9 Å². The smallest absolute Gasteiger partial charge is 0.322 e. The van der Waals surface area contributed by atoms with Crippen molar-refractivity contribution in [1.82, 2.24) is 0 Å². The summed E-state index contributed by atoms with van der Waals surface area (Å²) in [6.07, 6.45) is 0.581. The zero-order chi connectivity index (χ0) is 21.8. The van der Waals surface area contributed by atoms with E-state index in [9.17, 15) is 9.59 Å². The molecule has 0 heterocycles. The van der Waals surface area contributed by atoms with Crippen LogP contribution in [0.4, 0.5) is 0 Å². The quantitative estimate of drug-likeness (QED) is 0.596. The van der Waals surface area contributed by atoms with Crippen LogP contribution in [-0.4, -0.2) is 31.7 Å². The Labute approximate surface area is 181 Å². The van der Waals surface area contributed by atoms with Crippen LogP contribution in [0.15, 0.2) is 72.8 Å². The van der Waals surface area contributed by atoms with Crippen molar-refractivity contribution >= 4 is 11.9 Å². The molecule has 0 bridgehead atoms. The highest BCUT2D eigenvalue weighted by atomic mass is 16.5. The fourth-order valence-corrected chi connectivity index (χ4v) is 4.12. The second kappa shape index (κ2) is 9.14. The van der Waals surface area contributed by atoms with Crippen LogP contribution < -0.4 is 5.73 Å². The van der Waals surface area contributed by atoms with Gasteiger partial charge in [-0.1, -0.05) is 72.8 Å². The van der Waals surface area contributed by atoms with Gasteiger partial charge >= 0.3 is 11.9 Å². The minimum atomic E-state index is -0.696. The molecule has 0 saturated carbocycles. The van der Waals surface area contributed by atoms with Crippen LogP contribution >= 0.6 is 0 Å². The number of carbonyl (C=O) groups excluding carboxylic acids is 2. The van der Waals surface area contributed by atoms with Crippen molar-refractivity contribution in [1.29, 1.82) is 0 Å². The maximum atomic E-state index is 12.5. The number of hydrogen-bond donors (Lipinski definition) is 1. The third-order valence-corrected chi connectivity index (χ3v) is 5.70. The Bertz CT molecular complexity index is 1050. The maximum Gasteiger partial charge on any atom is 0.322 e. The molecule has 0 spiro atoms. The molecule has 158 valence electrons. The summed E-state index contributed by atoms with van der Waals surface area (Å²) in [5, 5.41) is 0. The minimum Gasteiger partial charge on any atom is -0.468 e. The summed E-state index contributed by atoms with van der Waals surface area (Å²) >= 11 is 0. The molecule has 1 aliphatic carbocycles. The molecule has 5 heteroatoms. The molecule has 0 aromatic heterocycles. The number of esters is 2. The monoisotopic (exact) mass is 415 g/mol. The van der Waals surface area contributed by atoms with Crippen LogP contribution in [0, 0.1) is 0 Å². The third-order valence-electron chi connectivity index (χ3n) is 5.70. The Kier molecular flexibility index (Phi) is 6.14. The van der Waals surface area contributed by atoms with Crippen molar-refractivity contribution in [3.8, 4) is 11.1 Å². The minimum absolute atomic E-state index is 0.0542. The van der Waals surface area contributed by atoms with Crippen molar-refractivity contribution in [2.75, 3.05) is 13.7 Å². The van der Waals surface area contributed by atoms with E-state index in [-0.39, 0.29) is 18.3 Å². The number of hydrogen-bond acceptors (Lipinski definition) is 5. The lowest BCUT2D eigenvalue weighted by atomic mass is 9.98. The highest BCUT2D eigenvalue weighted by Crippen LogP contribution is 2.44. The number of rotatable bonds is 7. The zero-order valence-electron chi connectivity index (χ0n) is 17.4. The topological polar surface area (TPSA) is 78.6 Å². The van der Waals surface area contributed by atoms with Gasteiger partial charge in [0.25, 0.3) is 0 Å². The van der Waals surface area contributed by atoms with Crippen molar-refractivity contribution in [3.63, 3.8) is 0 Å². The molecule has 4 rings (SSSR count). The van der Waals surface area contributed by atoms with Gasteiger partial charge in [0.2, 0.25) is 0 Å². The molecule has 0 radical (unpaired) electrons. The van der Waals surface area contributed by atoms with Crippen molar-refractivity contribution in [2.24, 2.45) is 5.73 Å². The van der Waals surface area contributed by atoms with Crippen molar-refractivity contribution in [2.45, 2.75) is 24.8 Å². The molecule has 3 aromatic carbocycles. The van der Waals surface area contributed by atoms with Gasteiger partial charge in [0.15, 0.2) is 0 Å². The molecule has 0 saturated heterocycles. The third kappa shape index (κ3) is 4.52. The standard InChI is InChI=1S/C26H25NO4/c1-30-26(29)24(27)14-17-10-12-18(13-11-17)15-25(28)31-16-23-21-8-4-2-6-19(21)20-7-3-5-9-22(20)23/h2-13,23-24H,14-16,27H2,1H3/t24-/m0/s1. The molecule has 31 heavy (non-hydrogen) atoms.